The van der Waals surface area contributed by atoms with Gasteiger partial charge in [0.2, 0.25) is 5.91 Å². The second-order valence-corrected chi connectivity index (χ2v) is 11.4. The summed E-state index contributed by atoms with van der Waals surface area (Å²) in [5.41, 5.74) is -0.458. The van der Waals surface area contributed by atoms with Crippen molar-refractivity contribution in [2.45, 2.75) is 64.2 Å². The number of hydrogen-bond acceptors (Lipinski definition) is 6. The fourth-order valence-electron chi connectivity index (χ4n) is 4.95. The molecule has 1 aliphatic carbocycles. The molecule has 0 bridgehead atoms. The van der Waals surface area contributed by atoms with E-state index in [4.69, 9.17) is 5.26 Å². The van der Waals surface area contributed by atoms with Crippen molar-refractivity contribution in [3.05, 3.63) is 0 Å². The summed E-state index contributed by atoms with van der Waals surface area (Å²) in [5, 5.41) is 12.6. The topological polar surface area (TPSA) is 99.8 Å². The van der Waals surface area contributed by atoms with Crippen LogP contribution in [-0.2, 0) is 4.79 Å². The van der Waals surface area contributed by atoms with Gasteiger partial charge >= 0.3 is 0 Å². The number of rotatable bonds is 5. The highest BCUT2D eigenvalue weighted by atomic mass is 32.3. The molecule has 2 aliphatic heterocycles. The number of carbonyl (C=O) groups is 1. The van der Waals surface area contributed by atoms with Crippen LogP contribution in [0.1, 0.15) is 46.5 Å². The zero-order valence-electron chi connectivity index (χ0n) is 17.0. The lowest BCUT2D eigenvalue weighted by molar-refractivity contribution is -0.131. The third-order valence-electron chi connectivity index (χ3n) is 7.45. The second-order valence-electron chi connectivity index (χ2n) is 9.24. The summed E-state index contributed by atoms with van der Waals surface area (Å²) in [6.45, 7) is 7.86. The number of amides is 1. The van der Waals surface area contributed by atoms with E-state index in [1.807, 2.05) is 10.4 Å². The molecule has 0 unspecified atom stereocenters. The largest absolute Gasteiger partial charge is 0.323 e. The molecule has 3 aliphatic rings. The van der Waals surface area contributed by atoms with E-state index in [1.54, 1.807) is 0 Å². The first-order valence-electron chi connectivity index (χ1n) is 10.1. The lowest BCUT2D eigenvalue weighted by atomic mass is 9.71. The van der Waals surface area contributed by atoms with Gasteiger partial charge in [0.15, 0.2) is 0 Å². The van der Waals surface area contributed by atoms with Crippen LogP contribution in [0.3, 0.4) is 0 Å². The quantitative estimate of drug-likeness (QED) is 0.637. The van der Waals surface area contributed by atoms with Gasteiger partial charge in [0.1, 0.15) is 12.2 Å². The van der Waals surface area contributed by atoms with Crippen molar-refractivity contribution in [3.63, 3.8) is 0 Å². The third-order valence-corrected chi connectivity index (χ3v) is 9.44. The fraction of sp³-hybridized carbons (Fsp3) is 0.895. The third kappa shape index (κ3) is 3.90. The van der Waals surface area contributed by atoms with Crippen molar-refractivity contribution in [1.29, 1.82) is 5.26 Å². The Balaban J connectivity index is 1.61. The van der Waals surface area contributed by atoms with Crippen LogP contribution in [0, 0.1) is 22.7 Å². The first kappa shape index (κ1) is 21.8. The Morgan fingerprint density at radius 1 is 1.39 bits per heavy atom. The van der Waals surface area contributed by atoms with Gasteiger partial charge in [-0.15, -0.1) is 10.8 Å². The Morgan fingerprint density at radius 2 is 2.11 bits per heavy atom. The molecular weight excluding hydrogens is 383 g/mol. The molecule has 0 aromatic rings. The minimum Gasteiger partial charge on any atom is -0.323 e. The molecule has 3 fully saturated rings. The number of likely N-dealkylation sites (tertiary alicyclic amines) is 1. The average Bonchev–Trinajstić information content (AvgIpc) is 3.23. The van der Waals surface area contributed by atoms with Gasteiger partial charge in [0, 0.05) is 25.0 Å². The van der Waals surface area contributed by atoms with Gasteiger partial charge in [0.05, 0.1) is 24.9 Å². The molecule has 1 saturated carbocycles. The Bertz CT molecular complexity index is 656. The molecule has 4 atom stereocenters. The molecule has 0 aromatic carbocycles. The van der Waals surface area contributed by atoms with Gasteiger partial charge in [-0.05, 0) is 37.5 Å². The zero-order chi connectivity index (χ0) is 20.7. The highest BCUT2D eigenvalue weighted by Gasteiger charge is 2.52. The maximum absolute atomic E-state index is 13.6. The van der Waals surface area contributed by atoms with Crippen LogP contribution in [0.25, 0.3) is 0 Å². The molecule has 2 heterocycles. The Hall–Kier alpha value is -0.920. The molecule has 3 rings (SSSR count). The molecule has 0 radical (unpaired) electrons. The van der Waals surface area contributed by atoms with Crippen molar-refractivity contribution in [3.8, 4) is 6.07 Å². The van der Waals surface area contributed by atoms with E-state index in [-0.39, 0.29) is 42.3 Å². The second kappa shape index (κ2) is 7.73. The van der Waals surface area contributed by atoms with Crippen LogP contribution in [0.5, 0.6) is 0 Å². The first-order valence-corrected chi connectivity index (χ1v) is 11.8. The zero-order valence-corrected chi connectivity index (χ0v) is 17.8. The molecular formula is C19H33FN4O3S. The summed E-state index contributed by atoms with van der Waals surface area (Å²) in [7, 11) is -2.63. The van der Waals surface area contributed by atoms with Gasteiger partial charge in [0.25, 0.3) is 0 Å². The van der Waals surface area contributed by atoms with E-state index in [2.05, 4.69) is 26.1 Å². The maximum atomic E-state index is 13.6. The Kier molecular flexibility index (Phi) is 6.01. The Morgan fingerprint density at radius 3 is 2.71 bits per heavy atom. The number of hydrogen-bond donors (Lipinski definition) is 3. The van der Waals surface area contributed by atoms with Gasteiger partial charge in [-0.1, -0.05) is 13.8 Å². The number of nitrogens with one attached hydrogen (secondary N) is 1. The van der Waals surface area contributed by atoms with E-state index in [0.717, 1.165) is 19.3 Å². The lowest BCUT2D eigenvalue weighted by Gasteiger charge is -2.45. The van der Waals surface area contributed by atoms with Crippen molar-refractivity contribution >= 4 is 16.7 Å². The number of halogens is 1. The molecule has 0 spiro atoms. The summed E-state index contributed by atoms with van der Waals surface area (Å²) >= 11 is 0. The maximum Gasteiger partial charge on any atom is 0.237 e. The predicted octanol–water partition coefficient (Wildman–Crippen LogP) is 2.60. The summed E-state index contributed by atoms with van der Waals surface area (Å²) in [5.74, 6) is 0.495. The molecule has 9 heteroatoms. The standard InChI is InChI=1S/C19H33FN4O3S/c1-18(2)14(12-23-7-4-8-28(23,26)27)5-6-19(18,3)22-11-17(25)24-13-15(20)9-16(24)10-21/h14-16,22,26-27H,4-9,11-13H2,1-3H3/t14-,15+,16+,19-/m1/s1. The predicted molar refractivity (Wildman–Crippen MR) is 107 cm³/mol. The molecule has 1 amide bonds. The van der Waals surface area contributed by atoms with Gasteiger partial charge in [-0.2, -0.15) is 5.26 Å². The number of nitrogens with zero attached hydrogens (tertiary/aromatic N) is 3. The molecule has 3 N–H and O–H groups in total. The van der Waals surface area contributed by atoms with Crippen LogP contribution >= 0.6 is 10.8 Å². The molecule has 2 saturated heterocycles. The van der Waals surface area contributed by atoms with Crippen LogP contribution < -0.4 is 5.32 Å². The van der Waals surface area contributed by atoms with Gasteiger partial charge in [-0.25, -0.2) is 8.70 Å². The van der Waals surface area contributed by atoms with Gasteiger partial charge in [-0.3, -0.25) is 13.9 Å². The smallest absolute Gasteiger partial charge is 0.237 e. The fourth-order valence-corrected chi connectivity index (χ4v) is 6.57. The van der Waals surface area contributed by atoms with E-state index < -0.39 is 23.0 Å². The highest BCUT2D eigenvalue weighted by Crippen LogP contribution is 2.54. The van der Waals surface area contributed by atoms with Crippen LogP contribution in [0.2, 0.25) is 0 Å². The van der Waals surface area contributed by atoms with Crippen molar-refractivity contribution in [2.24, 2.45) is 11.3 Å². The van der Waals surface area contributed by atoms with E-state index in [1.165, 1.54) is 4.90 Å². The molecule has 160 valence electrons. The first-order chi connectivity index (χ1) is 13.0. The summed E-state index contributed by atoms with van der Waals surface area (Å²) < 4.78 is 35.9. The summed E-state index contributed by atoms with van der Waals surface area (Å²) in [6, 6.07) is 1.34. The van der Waals surface area contributed by atoms with Crippen molar-refractivity contribution < 1.29 is 18.3 Å². The number of nitriles is 1. The van der Waals surface area contributed by atoms with E-state index in [0.29, 0.717) is 18.8 Å². The molecule has 0 aromatic heterocycles. The minimum absolute atomic E-state index is 0.00566. The SMILES string of the molecule is CC1(C)[C@@H](CN2CCCS2(O)O)CC[C@@]1(C)NCC(=O)N1C[C@@H](F)C[C@H]1C#N. The summed E-state index contributed by atoms with van der Waals surface area (Å²) in [4.78, 5) is 13.9. The van der Waals surface area contributed by atoms with Crippen LogP contribution in [-0.4, -0.2) is 73.9 Å². The van der Waals surface area contributed by atoms with Gasteiger partial charge < -0.3 is 10.2 Å². The van der Waals surface area contributed by atoms with Crippen molar-refractivity contribution in [2.75, 3.05) is 31.9 Å². The molecule has 28 heavy (non-hydrogen) atoms. The number of carbonyl (C=O) groups excluding carboxylic acids is 1. The van der Waals surface area contributed by atoms with Crippen molar-refractivity contribution in [1.82, 2.24) is 14.5 Å². The van der Waals surface area contributed by atoms with E-state index in [9.17, 15) is 18.3 Å². The lowest BCUT2D eigenvalue weighted by Crippen LogP contribution is -2.56. The van der Waals surface area contributed by atoms with Crippen LogP contribution in [0.4, 0.5) is 4.39 Å². The molecule has 7 nitrogen and oxygen atoms in total. The minimum atomic E-state index is -2.63. The number of alkyl halides is 1. The normalized spacial score (nSPS) is 38.5. The van der Waals surface area contributed by atoms with E-state index >= 15 is 0 Å². The van der Waals surface area contributed by atoms with Crippen LogP contribution in [0.15, 0.2) is 0 Å². The highest BCUT2D eigenvalue weighted by molar-refractivity contribution is 8.22. The summed E-state index contributed by atoms with van der Waals surface area (Å²) in [6.07, 6.45) is 1.59. The monoisotopic (exact) mass is 416 g/mol. The Labute approximate surface area is 168 Å². The average molecular weight is 417 g/mol.